The SMILES string of the molecule is O=C(O)CCC1=C(c2ccccn2)NC(Nc2ncccn2)S1. The first-order valence-corrected chi connectivity index (χ1v) is 7.93. The molecule has 118 valence electrons. The van der Waals surface area contributed by atoms with Gasteiger partial charge in [-0.2, -0.15) is 0 Å². The summed E-state index contributed by atoms with van der Waals surface area (Å²) in [4.78, 5) is 24.4. The van der Waals surface area contributed by atoms with Gasteiger partial charge in [-0.1, -0.05) is 17.8 Å². The largest absolute Gasteiger partial charge is 0.481 e. The number of pyridine rings is 1. The molecule has 0 aliphatic carbocycles. The molecule has 3 rings (SSSR count). The lowest BCUT2D eigenvalue weighted by molar-refractivity contribution is -0.136. The molecule has 1 unspecified atom stereocenters. The van der Waals surface area contributed by atoms with Crippen LogP contribution in [0.25, 0.3) is 5.70 Å². The maximum absolute atomic E-state index is 10.9. The minimum atomic E-state index is -0.818. The number of nitrogens with zero attached hydrogens (tertiary/aromatic N) is 3. The molecule has 23 heavy (non-hydrogen) atoms. The standard InChI is InChI=1S/C15H15N5O2S/c21-12(22)6-5-11-13(10-4-1-2-7-16-10)19-15(23-11)20-14-17-8-3-9-18-14/h1-4,7-9,15,19H,5-6H2,(H,21,22)(H,17,18,20). The van der Waals surface area contributed by atoms with Crippen LogP contribution in [0.4, 0.5) is 5.95 Å². The number of allylic oxidation sites excluding steroid dienone is 1. The molecule has 2 aromatic heterocycles. The molecule has 0 aromatic carbocycles. The summed E-state index contributed by atoms with van der Waals surface area (Å²) in [6.07, 6.45) is 5.56. The molecule has 8 heteroatoms. The third-order valence-corrected chi connectivity index (χ3v) is 4.29. The predicted octanol–water partition coefficient (Wildman–Crippen LogP) is 2.14. The number of aromatic nitrogens is 3. The van der Waals surface area contributed by atoms with Gasteiger partial charge in [0, 0.05) is 29.9 Å². The number of hydrogen-bond acceptors (Lipinski definition) is 7. The summed E-state index contributed by atoms with van der Waals surface area (Å²) in [5.74, 6) is -0.307. The number of carboxylic acids is 1. The molecule has 3 heterocycles. The van der Waals surface area contributed by atoms with E-state index in [9.17, 15) is 4.79 Å². The highest BCUT2D eigenvalue weighted by molar-refractivity contribution is 8.04. The van der Waals surface area contributed by atoms with Crippen LogP contribution in [-0.2, 0) is 4.79 Å². The number of anilines is 1. The Morgan fingerprint density at radius 3 is 2.70 bits per heavy atom. The van der Waals surface area contributed by atoms with Crippen molar-refractivity contribution in [2.45, 2.75) is 18.3 Å². The van der Waals surface area contributed by atoms with Crippen LogP contribution < -0.4 is 10.6 Å². The van der Waals surface area contributed by atoms with Crippen molar-refractivity contribution in [3.63, 3.8) is 0 Å². The molecule has 1 atom stereocenters. The maximum atomic E-state index is 10.9. The van der Waals surface area contributed by atoms with Gasteiger partial charge in [0.05, 0.1) is 11.4 Å². The Morgan fingerprint density at radius 1 is 1.22 bits per heavy atom. The highest BCUT2D eigenvalue weighted by Crippen LogP contribution is 2.37. The van der Waals surface area contributed by atoms with Crippen LogP contribution in [0.1, 0.15) is 18.5 Å². The van der Waals surface area contributed by atoms with Crippen molar-refractivity contribution in [1.82, 2.24) is 20.3 Å². The first kappa shape index (κ1) is 15.3. The molecule has 0 amide bonds. The molecular formula is C15H15N5O2S. The van der Waals surface area contributed by atoms with E-state index in [0.717, 1.165) is 16.3 Å². The van der Waals surface area contributed by atoms with Crippen LogP contribution in [0.3, 0.4) is 0 Å². The summed E-state index contributed by atoms with van der Waals surface area (Å²) in [6, 6.07) is 7.38. The lowest BCUT2D eigenvalue weighted by Crippen LogP contribution is -2.29. The van der Waals surface area contributed by atoms with Gasteiger partial charge in [0.2, 0.25) is 5.95 Å². The second kappa shape index (κ2) is 7.10. The van der Waals surface area contributed by atoms with E-state index in [0.29, 0.717) is 12.4 Å². The fourth-order valence-corrected chi connectivity index (χ4v) is 3.26. The van der Waals surface area contributed by atoms with Crippen LogP contribution in [0.15, 0.2) is 47.8 Å². The average Bonchev–Trinajstić information content (AvgIpc) is 2.97. The summed E-state index contributed by atoms with van der Waals surface area (Å²) in [7, 11) is 0. The molecule has 3 N–H and O–H groups in total. The lowest BCUT2D eigenvalue weighted by Gasteiger charge is -2.13. The zero-order valence-electron chi connectivity index (χ0n) is 12.1. The summed E-state index contributed by atoms with van der Waals surface area (Å²) in [5, 5.41) is 15.4. The molecule has 0 saturated heterocycles. The minimum Gasteiger partial charge on any atom is -0.481 e. The fraction of sp³-hybridized carbons (Fsp3) is 0.200. The second-order valence-corrected chi connectivity index (χ2v) is 5.97. The molecule has 1 aliphatic rings. The van der Waals surface area contributed by atoms with Crippen molar-refractivity contribution < 1.29 is 9.90 Å². The van der Waals surface area contributed by atoms with E-state index in [1.807, 2.05) is 18.2 Å². The van der Waals surface area contributed by atoms with Gasteiger partial charge in [-0.25, -0.2) is 9.97 Å². The quantitative estimate of drug-likeness (QED) is 0.741. The molecule has 0 spiro atoms. The lowest BCUT2D eigenvalue weighted by atomic mass is 10.2. The van der Waals surface area contributed by atoms with E-state index in [-0.39, 0.29) is 11.9 Å². The maximum Gasteiger partial charge on any atom is 0.303 e. The monoisotopic (exact) mass is 329 g/mol. The van der Waals surface area contributed by atoms with Crippen molar-refractivity contribution in [2.24, 2.45) is 0 Å². The average molecular weight is 329 g/mol. The summed E-state index contributed by atoms with van der Waals surface area (Å²) in [5.41, 5.74) is 1.47. The molecule has 0 bridgehead atoms. The number of carboxylic acid groups (broad SMARTS) is 1. The van der Waals surface area contributed by atoms with Crippen LogP contribution >= 0.6 is 11.8 Å². The Morgan fingerprint density at radius 2 is 2.00 bits per heavy atom. The first-order chi connectivity index (χ1) is 11.2. The van der Waals surface area contributed by atoms with Gasteiger partial charge in [0.25, 0.3) is 0 Å². The molecule has 7 nitrogen and oxygen atoms in total. The summed E-state index contributed by atoms with van der Waals surface area (Å²) >= 11 is 1.52. The zero-order chi connectivity index (χ0) is 16.1. The number of aliphatic carboxylic acids is 1. The predicted molar refractivity (Wildman–Crippen MR) is 88.2 cm³/mol. The van der Waals surface area contributed by atoms with Crippen molar-refractivity contribution in [2.75, 3.05) is 5.32 Å². The first-order valence-electron chi connectivity index (χ1n) is 7.05. The van der Waals surface area contributed by atoms with Crippen molar-refractivity contribution in [3.05, 3.63) is 53.5 Å². The highest BCUT2D eigenvalue weighted by atomic mass is 32.2. The molecular weight excluding hydrogens is 314 g/mol. The highest BCUT2D eigenvalue weighted by Gasteiger charge is 2.26. The zero-order valence-corrected chi connectivity index (χ0v) is 13.0. The Labute approximate surface area is 137 Å². The normalized spacial score (nSPS) is 17.0. The van der Waals surface area contributed by atoms with Crippen LogP contribution in [0, 0.1) is 0 Å². The third-order valence-electron chi connectivity index (χ3n) is 3.13. The number of nitrogens with one attached hydrogen (secondary N) is 2. The van der Waals surface area contributed by atoms with Gasteiger partial charge in [-0.05, 0) is 24.6 Å². The van der Waals surface area contributed by atoms with Crippen LogP contribution in [0.2, 0.25) is 0 Å². The fourth-order valence-electron chi connectivity index (χ4n) is 2.13. The smallest absolute Gasteiger partial charge is 0.303 e. The topological polar surface area (TPSA) is 100 Å². The molecule has 0 radical (unpaired) electrons. The molecule has 2 aromatic rings. The third kappa shape index (κ3) is 3.98. The van der Waals surface area contributed by atoms with Gasteiger partial charge in [0.15, 0.2) is 5.50 Å². The van der Waals surface area contributed by atoms with Crippen LogP contribution in [0.5, 0.6) is 0 Å². The van der Waals surface area contributed by atoms with E-state index < -0.39 is 5.97 Å². The van der Waals surface area contributed by atoms with Crippen molar-refractivity contribution >= 4 is 29.4 Å². The Kier molecular flexibility index (Phi) is 4.72. The number of rotatable bonds is 6. The van der Waals surface area contributed by atoms with E-state index in [2.05, 4.69) is 25.6 Å². The van der Waals surface area contributed by atoms with Gasteiger partial charge < -0.3 is 15.7 Å². The van der Waals surface area contributed by atoms with Gasteiger partial charge >= 0.3 is 5.97 Å². The van der Waals surface area contributed by atoms with Gasteiger partial charge in [0.1, 0.15) is 0 Å². The van der Waals surface area contributed by atoms with Crippen LogP contribution in [-0.4, -0.2) is 31.5 Å². The molecule has 0 fully saturated rings. The van der Waals surface area contributed by atoms with E-state index >= 15 is 0 Å². The minimum absolute atomic E-state index is 0.0783. The summed E-state index contributed by atoms with van der Waals surface area (Å²) in [6.45, 7) is 0. The van der Waals surface area contributed by atoms with Gasteiger partial charge in [-0.3, -0.25) is 9.78 Å². The Bertz CT molecular complexity index is 708. The van der Waals surface area contributed by atoms with E-state index in [4.69, 9.17) is 5.11 Å². The Hall–Kier alpha value is -2.61. The van der Waals surface area contributed by atoms with E-state index in [1.165, 1.54) is 11.8 Å². The second-order valence-electron chi connectivity index (χ2n) is 4.77. The molecule has 1 aliphatic heterocycles. The number of carbonyl (C=O) groups is 1. The van der Waals surface area contributed by atoms with E-state index in [1.54, 1.807) is 24.7 Å². The number of hydrogen-bond donors (Lipinski definition) is 3. The summed E-state index contributed by atoms with van der Waals surface area (Å²) < 4.78 is 0. The Balaban J connectivity index is 1.77. The number of thioether (sulfide) groups is 1. The van der Waals surface area contributed by atoms with Crippen molar-refractivity contribution in [3.8, 4) is 0 Å². The van der Waals surface area contributed by atoms with Crippen molar-refractivity contribution in [1.29, 1.82) is 0 Å². The van der Waals surface area contributed by atoms with Gasteiger partial charge in [-0.15, -0.1) is 0 Å². The molecule has 0 saturated carbocycles.